The van der Waals surface area contributed by atoms with Crippen molar-refractivity contribution in [1.29, 1.82) is 0 Å². The first-order valence-electron chi connectivity index (χ1n) is 6.51. The van der Waals surface area contributed by atoms with Crippen LogP contribution in [0.2, 0.25) is 0 Å². The van der Waals surface area contributed by atoms with E-state index in [1.807, 2.05) is 18.5 Å². The molecule has 0 aromatic carbocycles. The third-order valence-corrected chi connectivity index (χ3v) is 3.85. The van der Waals surface area contributed by atoms with Crippen LogP contribution in [-0.2, 0) is 6.54 Å². The molecule has 1 aromatic heterocycles. The molecular weight excluding hydrogens is 210 g/mol. The number of rotatable bonds is 3. The molecule has 3 atom stereocenters. The average Bonchev–Trinajstić information content (AvgIpc) is 2.33. The Kier molecular flexibility index (Phi) is 4.13. The molecule has 17 heavy (non-hydrogen) atoms. The zero-order valence-electron chi connectivity index (χ0n) is 10.8. The summed E-state index contributed by atoms with van der Waals surface area (Å²) in [5.41, 5.74) is 7.50. The standard InChI is InChI=1S/C14H23N3/c1-11-5-6-13(15)14(8-11)17(2)10-12-4-3-7-16-9-12/h3-4,7,9,11,13-14H,5-6,8,10,15H2,1-2H3. The average molecular weight is 233 g/mol. The largest absolute Gasteiger partial charge is 0.326 e. The maximum atomic E-state index is 6.24. The van der Waals surface area contributed by atoms with Gasteiger partial charge in [-0.05, 0) is 43.9 Å². The molecule has 0 amide bonds. The zero-order valence-corrected chi connectivity index (χ0v) is 10.8. The highest BCUT2D eigenvalue weighted by Crippen LogP contribution is 2.26. The summed E-state index contributed by atoms with van der Waals surface area (Å²) in [6.45, 7) is 3.27. The number of hydrogen-bond acceptors (Lipinski definition) is 3. The van der Waals surface area contributed by atoms with Crippen molar-refractivity contribution in [3.05, 3.63) is 30.1 Å². The minimum atomic E-state index is 0.327. The van der Waals surface area contributed by atoms with Crippen LogP contribution < -0.4 is 5.73 Å². The molecule has 2 N–H and O–H groups in total. The monoisotopic (exact) mass is 233 g/mol. The van der Waals surface area contributed by atoms with Crippen molar-refractivity contribution in [1.82, 2.24) is 9.88 Å². The summed E-state index contributed by atoms with van der Waals surface area (Å²) in [5.74, 6) is 0.802. The Labute approximate surface area is 104 Å². The fourth-order valence-corrected chi connectivity index (χ4v) is 2.78. The molecule has 1 heterocycles. The highest BCUT2D eigenvalue weighted by Gasteiger charge is 2.28. The van der Waals surface area contributed by atoms with Crippen molar-refractivity contribution in [2.45, 2.75) is 44.8 Å². The number of likely N-dealkylation sites (N-methyl/N-ethyl adjacent to an activating group) is 1. The summed E-state index contributed by atoms with van der Waals surface area (Å²) >= 11 is 0. The van der Waals surface area contributed by atoms with Crippen LogP contribution in [0.3, 0.4) is 0 Å². The maximum absolute atomic E-state index is 6.24. The third-order valence-electron chi connectivity index (χ3n) is 3.85. The Hall–Kier alpha value is -0.930. The van der Waals surface area contributed by atoms with Crippen molar-refractivity contribution >= 4 is 0 Å². The quantitative estimate of drug-likeness (QED) is 0.868. The SMILES string of the molecule is CC1CCC(N)C(N(C)Cc2cccnc2)C1. The van der Waals surface area contributed by atoms with Crippen LogP contribution >= 0.6 is 0 Å². The molecule has 94 valence electrons. The maximum Gasteiger partial charge on any atom is 0.0312 e. The fourth-order valence-electron chi connectivity index (χ4n) is 2.78. The first-order chi connectivity index (χ1) is 8.16. The summed E-state index contributed by atoms with van der Waals surface area (Å²) in [6.07, 6.45) is 7.41. The molecule has 0 saturated heterocycles. The Morgan fingerprint density at radius 2 is 2.29 bits per heavy atom. The molecule has 3 nitrogen and oxygen atoms in total. The highest BCUT2D eigenvalue weighted by atomic mass is 15.1. The lowest BCUT2D eigenvalue weighted by Crippen LogP contribution is -2.49. The summed E-state index contributed by atoms with van der Waals surface area (Å²) in [4.78, 5) is 6.55. The van der Waals surface area contributed by atoms with Gasteiger partial charge in [-0.2, -0.15) is 0 Å². The van der Waals surface area contributed by atoms with Gasteiger partial charge in [-0.1, -0.05) is 13.0 Å². The molecule has 1 fully saturated rings. The van der Waals surface area contributed by atoms with E-state index >= 15 is 0 Å². The van der Waals surface area contributed by atoms with E-state index in [0.717, 1.165) is 18.9 Å². The molecule has 0 bridgehead atoms. The number of nitrogens with two attached hydrogens (primary N) is 1. The predicted molar refractivity (Wildman–Crippen MR) is 70.5 cm³/mol. The molecule has 1 saturated carbocycles. The Balaban J connectivity index is 1.97. The van der Waals surface area contributed by atoms with E-state index < -0.39 is 0 Å². The van der Waals surface area contributed by atoms with Gasteiger partial charge in [-0.3, -0.25) is 9.88 Å². The second-order valence-electron chi connectivity index (χ2n) is 5.43. The van der Waals surface area contributed by atoms with E-state index in [2.05, 4.69) is 29.9 Å². The van der Waals surface area contributed by atoms with Gasteiger partial charge in [0.1, 0.15) is 0 Å². The second kappa shape index (κ2) is 5.61. The number of hydrogen-bond donors (Lipinski definition) is 1. The highest BCUT2D eigenvalue weighted by molar-refractivity contribution is 5.08. The lowest BCUT2D eigenvalue weighted by Gasteiger charge is -2.38. The van der Waals surface area contributed by atoms with Gasteiger partial charge >= 0.3 is 0 Å². The summed E-state index contributed by atoms with van der Waals surface area (Å²) in [7, 11) is 2.18. The summed E-state index contributed by atoms with van der Waals surface area (Å²) in [5, 5.41) is 0. The van der Waals surface area contributed by atoms with E-state index in [4.69, 9.17) is 5.73 Å². The van der Waals surface area contributed by atoms with Crippen molar-refractivity contribution < 1.29 is 0 Å². The van der Waals surface area contributed by atoms with Gasteiger partial charge in [0, 0.05) is 31.0 Å². The van der Waals surface area contributed by atoms with Crippen LogP contribution in [0.1, 0.15) is 31.7 Å². The van der Waals surface area contributed by atoms with Gasteiger partial charge in [0.2, 0.25) is 0 Å². The van der Waals surface area contributed by atoms with Crippen LogP contribution in [0, 0.1) is 5.92 Å². The molecule has 2 rings (SSSR count). The van der Waals surface area contributed by atoms with E-state index in [1.165, 1.54) is 18.4 Å². The summed E-state index contributed by atoms with van der Waals surface area (Å²) < 4.78 is 0. The van der Waals surface area contributed by atoms with E-state index in [9.17, 15) is 0 Å². The van der Waals surface area contributed by atoms with E-state index in [1.54, 1.807) is 0 Å². The number of aromatic nitrogens is 1. The van der Waals surface area contributed by atoms with Gasteiger partial charge in [-0.15, -0.1) is 0 Å². The molecule has 1 aliphatic carbocycles. The first kappa shape index (κ1) is 12.5. The Bertz CT molecular complexity index is 339. The van der Waals surface area contributed by atoms with Crippen LogP contribution in [0.4, 0.5) is 0 Å². The lowest BCUT2D eigenvalue weighted by atomic mass is 9.83. The van der Waals surface area contributed by atoms with E-state index in [-0.39, 0.29) is 0 Å². The van der Waals surface area contributed by atoms with Crippen LogP contribution in [0.25, 0.3) is 0 Å². The van der Waals surface area contributed by atoms with Crippen molar-refractivity contribution in [3.63, 3.8) is 0 Å². The van der Waals surface area contributed by atoms with E-state index in [0.29, 0.717) is 12.1 Å². The number of pyridine rings is 1. The van der Waals surface area contributed by atoms with Crippen LogP contribution in [0.15, 0.2) is 24.5 Å². The molecule has 3 heteroatoms. The minimum absolute atomic E-state index is 0.327. The zero-order chi connectivity index (χ0) is 12.3. The van der Waals surface area contributed by atoms with Crippen LogP contribution in [0.5, 0.6) is 0 Å². The first-order valence-corrected chi connectivity index (χ1v) is 6.51. The lowest BCUT2D eigenvalue weighted by molar-refractivity contribution is 0.136. The van der Waals surface area contributed by atoms with Gasteiger partial charge in [0.25, 0.3) is 0 Å². The molecular formula is C14H23N3. The molecule has 1 aliphatic rings. The van der Waals surface area contributed by atoms with Crippen molar-refractivity contribution in [2.24, 2.45) is 11.7 Å². The third kappa shape index (κ3) is 3.27. The fraction of sp³-hybridized carbons (Fsp3) is 0.643. The molecule has 0 radical (unpaired) electrons. The normalized spacial score (nSPS) is 29.5. The topological polar surface area (TPSA) is 42.1 Å². The summed E-state index contributed by atoms with van der Waals surface area (Å²) in [6, 6.07) is 4.96. The van der Waals surface area contributed by atoms with Gasteiger partial charge < -0.3 is 5.73 Å². The Morgan fingerprint density at radius 3 is 3.00 bits per heavy atom. The number of nitrogens with zero attached hydrogens (tertiary/aromatic N) is 2. The molecule has 0 spiro atoms. The minimum Gasteiger partial charge on any atom is -0.326 e. The van der Waals surface area contributed by atoms with Gasteiger partial charge in [0.05, 0.1) is 0 Å². The molecule has 3 unspecified atom stereocenters. The van der Waals surface area contributed by atoms with Gasteiger partial charge in [0.15, 0.2) is 0 Å². The van der Waals surface area contributed by atoms with Crippen LogP contribution in [-0.4, -0.2) is 29.0 Å². The van der Waals surface area contributed by atoms with Crippen molar-refractivity contribution in [2.75, 3.05) is 7.05 Å². The molecule has 1 aromatic rings. The van der Waals surface area contributed by atoms with Crippen molar-refractivity contribution in [3.8, 4) is 0 Å². The Morgan fingerprint density at radius 1 is 1.47 bits per heavy atom. The predicted octanol–water partition coefficient (Wildman–Crippen LogP) is 2.03. The molecule has 0 aliphatic heterocycles. The van der Waals surface area contributed by atoms with Gasteiger partial charge in [-0.25, -0.2) is 0 Å². The smallest absolute Gasteiger partial charge is 0.0312 e. The second-order valence-corrected chi connectivity index (χ2v) is 5.43.